The summed E-state index contributed by atoms with van der Waals surface area (Å²) < 4.78 is 2.03. The second-order valence-corrected chi connectivity index (χ2v) is 4.88. The fourth-order valence-electron chi connectivity index (χ4n) is 1.43. The zero-order valence-corrected chi connectivity index (χ0v) is 11.9. The Bertz CT molecular complexity index is 640. The summed E-state index contributed by atoms with van der Waals surface area (Å²) in [4.78, 5) is 26.0. The van der Waals surface area contributed by atoms with E-state index in [9.17, 15) is 14.9 Å². The van der Waals surface area contributed by atoms with Gasteiger partial charge in [0.2, 0.25) is 5.91 Å². The van der Waals surface area contributed by atoms with E-state index in [-0.39, 0.29) is 11.6 Å². The Morgan fingerprint density at radius 3 is 2.80 bits per heavy atom. The molecule has 0 bridgehead atoms. The van der Waals surface area contributed by atoms with Crippen molar-refractivity contribution >= 4 is 33.3 Å². The van der Waals surface area contributed by atoms with Gasteiger partial charge < -0.3 is 5.32 Å². The van der Waals surface area contributed by atoms with Crippen molar-refractivity contribution < 1.29 is 9.72 Å². The molecule has 20 heavy (non-hydrogen) atoms. The van der Waals surface area contributed by atoms with Gasteiger partial charge in [-0.3, -0.25) is 19.6 Å². The van der Waals surface area contributed by atoms with Gasteiger partial charge in [0.25, 0.3) is 0 Å². The minimum Gasteiger partial charge on any atom is -0.309 e. The molecule has 0 aliphatic carbocycles. The van der Waals surface area contributed by atoms with Gasteiger partial charge in [0.1, 0.15) is 24.3 Å². The van der Waals surface area contributed by atoms with Crippen LogP contribution in [-0.4, -0.2) is 25.6 Å². The van der Waals surface area contributed by atoms with Crippen LogP contribution in [0.1, 0.15) is 13.0 Å². The van der Waals surface area contributed by atoms with E-state index in [4.69, 9.17) is 0 Å². The van der Waals surface area contributed by atoms with Gasteiger partial charge in [0, 0.05) is 10.7 Å². The zero-order chi connectivity index (χ0) is 14.7. The lowest BCUT2D eigenvalue weighted by molar-refractivity contribution is -0.385. The Kier molecular flexibility index (Phi) is 4.08. The van der Waals surface area contributed by atoms with Crippen molar-refractivity contribution in [1.82, 2.24) is 14.8 Å². The summed E-state index contributed by atoms with van der Waals surface area (Å²) >= 11 is 3.24. The van der Waals surface area contributed by atoms with Crippen LogP contribution in [0.5, 0.6) is 0 Å². The summed E-state index contributed by atoms with van der Waals surface area (Å²) in [7, 11) is 0. The van der Waals surface area contributed by atoms with Crippen LogP contribution in [0.25, 0.3) is 0 Å². The number of nitrogens with zero attached hydrogens (tertiary/aromatic N) is 4. The molecule has 0 aliphatic rings. The average molecular weight is 340 g/mol. The van der Waals surface area contributed by atoms with Crippen molar-refractivity contribution in [3.63, 3.8) is 0 Å². The number of nitrogens with one attached hydrogen (secondary N) is 1. The first kappa shape index (κ1) is 14.1. The third-order valence-corrected chi connectivity index (χ3v) is 3.02. The van der Waals surface area contributed by atoms with Crippen LogP contribution >= 0.6 is 15.9 Å². The van der Waals surface area contributed by atoms with Gasteiger partial charge in [-0.05, 0) is 35.0 Å². The van der Waals surface area contributed by atoms with Crippen molar-refractivity contribution in [1.29, 1.82) is 0 Å². The monoisotopic (exact) mass is 339 g/mol. The molecule has 0 saturated heterocycles. The maximum Gasteiger partial charge on any atom is 0.307 e. The fraction of sp³-hybridized carbons (Fsp3) is 0.182. The normalized spacial score (nSPS) is 11.9. The summed E-state index contributed by atoms with van der Waals surface area (Å²) in [6.45, 7) is 1.59. The highest BCUT2D eigenvalue weighted by molar-refractivity contribution is 9.10. The van der Waals surface area contributed by atoms with Gasteiger partial charge in [0.05, 0.1) is 4.92 Å². The topological polar surface area (TPSA) is 103 Å². The second kappa shape index (κ2) is 5.78. The quantitative estimate of drug-likeness (QED) is 0.678. The standard InChI is InChI=1S/C11H10BrN5O3/c1-7(16-6-9(5-14-16)17(19)20)11(18)15-10-3-2-8(12)4-13-10/h2-7H,1H3,(H,13,15,18). The van der Waals surface area contributed by atoms with Crippen LogP contribution in [-0.2, 0) is 4.79 Å². The number of aromatic nitrogens is 3. The summed E-state index contributed by atoms with van der Waals surface area (Å²) in [5.74, 6) is 0.0320. The van der Waals surface area contributed by atoms with Gasteiger partial charge in [-0.1, -0.05) is 0 Å². The molecule has 2 rings (SSSR count). The Morgan fingerprint density at radius 1 is 1.50 bits per heavy atom. The average Bonchev–Trinajstić information content (AvgIpc) is 2.90. The highest BCUT2D eigenvalue weighted by Crippen LogP contribution is 2.15. The SMILES string of the molecule is CC(C(=O)Nc1ccc(Br)cn1)n1cc([N+](=O)[O-])cn1. The molecule has 2 aromatic rings. The van der Waals surface area contributed by atoms with Crippen molar-refractivity contribution in [2.45, 2.75) is 13.0 Å². The Balaban J connectivity index is 2.07. The number of rotatable bonds is 4. The lowest BCUT2D eigenvalue weighted by Gasteiger charge is -2.11. The first-order valence-corrected chi connectivity index (χ1v) is 6.37. The van der Waals surface area contributed by atoms with Gasteiger partial charge in [-0.15, -0.1) is 0 Å². The molecular weight excluding hydrogens is 330 g/mol. The molecule has 0 fully saturated rings. The molecule has 0 aromatic carbocycles. The summed E-state index contributed by atoms with van der Waals surface area (Å²) in [5.41, 5.74) is -0.161. The van der Waals surface area contributed by atoms with Crippen LogP contribution in [0.15, 0.2) is 35.2 Å². The van der Waals surface area contributed by atoms with Crippen LogP contribution in [0.3, 0.4) is 0 Å². The number of amides is 1. The lowest BCUT2D eigenvalue weighted by Crippen LogP contribution is -2.24. The highest BCUT2D eigenvalue weighted by atomic mass is 79.9. The van der Waals surface area contributed by atoms with Crippen molar-refractivity contribution in [3.8, 4) is 0 Å². The number of pyridine rings is 1. The van der Waals surface area contributed by atoms with Crippen molar-refractivity contribution in [2.75, 3.05) is 5.32 Å². The third kappa shape index (κ3) is 3.18. The minimum atomic E-state index is -0.686. The third-order valence-electron chi connectivity index (χ3n) is 2.55. The molecule has 1 unspecified atom stereocenters. The van der Waals surface area contributed by atoms with Crippen molar-refractivity contribution in [2.24, 2.45) is 0 Å². The van der Waals surface area contributed by atoms with E-state index in [0.717, 1.165) is 10.7 Å². The van der Waals surface area contributed by atoms with Gasteiger partial charge in [-0.25, -0.2) is 4.98 Å². The van der Waals surface area contributed by atoms with Crippen LogP contribution in [0, 0.1) is 10.1 Å². The first-order valence-electron chi connectivity index (χ1n) is 5.58. The molecule has 2 aromatic heterocycles. The Labute approximate surface area is 122 Å². The van der Waals surface area contributed by atoms with Gasteiger partial charge in [-0.2, -0.15) is 5.10 Å². The second-order valence-electron chi connectivity index (χ2n) is 3.96. The number of hydrogen-bond acceptors (Lipinski definition) is 5. The molecule has 8 nitrogen and oxygen atoms in total. The van der Waals surface area contributed by atoms with Crippen LogP contribution in [0.4, 0.5) is 11.5 Å². The van der Waals surface area contributed by atoms with E-state index >= 15 is 0 Å². The molecule has 1 N–H and O–H groups in total. The first-order chi connectivity index (χ1) is 9.47. The van der Waals surface area contributed by atoms with E-state index in [1.165, 1.54) is 10.9 Å². The van der Waals surface area contributed by atoms with Crippen LogP contribution in [0.2, 0.25) is 0 Å². The Morgan fingerprint density at radius 2 is 2.25 bits per heavy atom. The molecular formula is C11H10BrN5O3. The van der Waals surface area contributed by atoms with Gasteiger partial charge in [0.15, 0.2) is 0 Å². The molecule has 0 saturated carbocycles. The maximum absolute atomic E-state index is 12.0. The molecule has 0 spiro atoms. The summed E-state index contributed by atoms with van der Waals surface area (Å²) in [5, 5.41) is 17.0. The fourth-order valence-corrected chi connectivity index (χ4v) is 1.67. The lowest BCUT2D eigenvalue weighted by atomic mass is 10.3. The highest BCUT2D eigenvalue weighted by Gasteiger charge is 2.19. The Hall–Kier alpha value is -2.29. The minimum absolute atomic E-state index is 0.161. The van der Waals surface area contributed by atoms with Crippen LogP contribution < -0.4 is 5.32 Å². The van der Waals surface area contributed by atoms with E-state index in [1.807, 2.05) is 0 Å². The number of carbonyl (C=O) groups excluding carboxylic acids is 1. The molecule has 2 heterocycles. The predicted octanol–water partition coefficient (Wildman–Crippen LogP) is 2.15. The number of nitro groups is 1. The smallest absolute Gasteiger partial charge is 0.307 e. The molecule has 0 radical (unpaired) electrons. The predicted molar refractivity (Wildman–Crippen MR) is 74.2 cm³/mol. The molecule has 9 heteroatoms. The number of hydrogen-bond donors (Lipinski definition) is 1. The summed E-state index contributed by atoms with van der Waals surface area (Å²) in [6.07, 6.45) is 3.86. The van der Waals surface area contributed by atoms with E-state index in [2.05, 4.69) is 31.3 Å². The largest absolute Gasteiger partial charge is 0.309 e. The number of carbonyl (C=O) groups is 1. The molecule has 1 amide bonds. The van der Waals surface area contributed by atoms with Gasteiger partial charge >= 0.3 is 5.69 Å². The number of anilines is 1. The molecule has 0 aliphatic heterocycles. The van der Waals surface area contributed by atoms with E-state index < -0.39 is 11.0 Å². The van der Waals surface area contributed by atoms with E-state index in [0.29, 0.717) is 5.82 Å². The molecule has 104 valence electrons. The maximum atomic E-state index is 12.0. The number of halogens is 1. The van der Waals surface area contributed by atoms with Crippen molar-refractivity contribution in [3.05, 3.63) is 45.3 Å². The van der Waals surface area contributed by atoms with E-state index in [1.54, 1.807) is 25.3 Å². The zero-order valence-electron chi connectivity index (χ0n) is 10.4. The summed E-state index contributed by atoms with van der Waals surface area (Å²) in [6, 6.07) is 2.70. The molecule has 1 atom stereocenters.